The van der Waals surface area contributed by atoms with Gasteiger partial charge in [-0.3, -0.25) is 5.32 Å². The second-order valence-electron chi connectivity index (χ2n) is 8.44. The number of benzene rings is 2. The van der Waals surface area contributed by atoms with Gasteiger partial charge in [0.2, 0.25) is 0 Å². The van der Waals surface area contributed by atoms with Gasteiger partial charge in [0.25, 0.3) is 0 Å². The summed E-state index contributed by atoms with van der Waals surface area (Å²) in [5.41, 5.74) is 6.63. The molecule has 2 aromatic carbocycles. The van der Waals surface area contributed by atoms with E-state index >= 15 is 0 Å². The van der Waals surface area contributed by atoms with Crippen LogP contribution in [0.2, 0.25) is 0 Å². The molecule has 1 saturated carbocycles. The Morgan fingerprint density at radius 1 is 0.929 bits per heavy atom. The zero-order chi connectivity index (χ0) is 19.8. The van der Waals surface area contributed by atoms with Crippen molar-refractivity contribution < 1.29 is 0 Å². The molecule has 0 bridgehead atoms. The first-order chi connectivity index (χ1) is 13.6. The summed E-state index contributed by atoms with van der Waals surface area (Å²) in [6.45, 7) is 9.37. The van der Waals surface area contributed by atoms with Crippen molar-refractivity contribution in [2.45, 2.75) is 64.8 Å². The fraction of sp³-hybridized carbons (Fsp3) is 0.520. The van der Waals surface area contributed by atoms with Gasteiger partial charge in [0.1, 0.15) is 0 Å². The number of rotatable bonds is 10. The van der Waals surface area contributed by atoms with Gasteiger partial charge in [0, 0.05) is 18.3 Å². The second-order valence-corrected chi connectivity index (χ2v) is 8.44. The molecule has 3 heteroatoms. The summed E-state index contributed by atoms with van der Waals surface area (Å²) in [5, 5.41) is 10.9. The standard InChI is InChI=1S/C25H37N3/c1-19-8-11-22(12-9-19)23(14-15-27-24-6-4-5-7-24)17-26-18-28-25-13-10-20(2)21(3)16-25/h8-13,16,23-24,26-28H,4-7,14-15,17-18H2,1-3H3. The molecule has 1 aliphatic rings. The normalized spacial score (nSPS) is 15.7. The molecule has 1 atom stereocenters. The molecule has 152 valence electrons. The Morgan fingerprint density at radius 3 is 2.39 bits per heavy atom. The lowest BCUT2D eigenvalue weighted by Crippen LogP contribution is -2.31. The molecule has 1 unspecified atom stereocenters. The third-order valence-corrected chi connectivity index (χ3v) is 6.14. The Morgan fingerprint density at radius 2 is 1.68 bits per heavy atom. The minimum atomic E-state index is 0.538. The van der Waals surface area contributed by atoms with E-state index in [1.165, 1.54) is 60.0 Å². The molecule has 3 N–H and O–H groups in total. The predicted octanol–water partition coefficient (Wildman–Crippen LogP) is 5.28. The molecule has 3 rings (SSSR count). The van der Waals surface area contributed by atoms with Crippen LogP contribution in [-0.2, 0) is 0 Å². The van der Waals surface area contributed by atoms with Gasteiger partial charge < -0.3 is 10.6 Å². The van der Waals surface area contributed by atoms with E-state index in [1.807, 2.05) is 0 Å². The summed E-state index contributed by atoms with van der Waals surface area (Å²) in [7, 11) is 0. The van der Waals surface area contributed by atoms with Crippen LogP contribution >= 0.6 is 0 Å². The lowest BCUT2D eigenvalue weighted by Gasteiger charge is -2.21. The minimum Gasteiger partial charge on any atom is -0.372 e. The quantitative estimate of drug-likeness (QED) is 0.388. The van der Waals surface area contributed by atoms with E-state index in [1.54, 1.807) is 0 Å². The number of anilines is 1. The van der Waals surface area contributed by atoms with Crippen molar-refractivity contribution in [3.63, 3.8) is 0 Å². The number of nitrogens with one attached hydrogen (secondary N) is 3. The molecule has 0 aliphatic heterocycles. The average Bonchev–Trinajstić information content (AvgIpc) is 3.21. The zero-order valence-electron chi connectivity index (χ0n) is 17.9. The molecule has 0 amide bonds. The molecule has 3 nitrogen and oxygen atoms in total. The Balaban J connectivity index is 1.49. The number of hydrogen-bond acceptors (Lipinski definition) is 3. The smallest absolute Gasteiger partial charge is 0.0653 e. The topological polar surface area (TPSA) is 36.1 Å². The molecule has 1 fully saturated rings. The van der Waals surface area contributed by atoms with Crippen molar-refractivity contribution in [1.29, 1.82) is 0 Å². The zero-order valence-corrected chi connectivity index (χ0v) is 17.9. The Labute approximate surface area is 171 Å². The lowest BCUT2D eigenvalue weighted by molar-refractivity contribution is 0.477. The molecule has 0 aromatic heterocycles. The van der Waals surface area contributed by atoms with Gasteiger partial charge in [0.15, 0.2) is 0 Å². The van der Waals surface area contributed by atoms with Gasteiger partial charge in [-0.05, 0) is 81.3 Å². The number of aryl methyl sites for hydroxylation is 3. The average molecular weight is 380 g/mol. The van der Waals surface area contributed by atoms with Crippen LogP contribution in [0.15, 0.2) is 42.5 Å². The summed E-state index contributed by atoms with van der Waals surface area (Å²) in [6.07, 6.45) is 6.67. The third-order valence-electron chi connectivity index (χ3n) is 6.14. The van der Waals surface area contributed by atoms with E-state index in [-0.39, 0.29) is 0 Å². The molecule has 0 radical (unpaired) electrons. The van der Waals surface area contributed by atoms with E-state index < -0.39 is 0 Å². The van der Waals surface area contributed by atoms with Gasteiger partial charge >= 0.3 is 0 Å². The predicted molar refractivity (Wildman–Crippen MR) is 121 cm³/mol. The summed E-state index contributed by atoms with van der Waals surface area (Å²) in [5.74, 6) is 0.538. The van der Waals surface area contributed by atoms with Crippen molar-refractivity contribution >= 4 is 5.69 Å². The van der Waals surface area contributed by atoms with Gasteiger partial charge in [-0.2, -0.15) is 0 Å². The van der Waals surface area contributed by atoms with Crippen LogP contribution in [0.3, 0.4) is 0 Å². The van der Waals surface area contributed by atoms with Crippen molar-refractivity contribution in [3.05, 3.63) is 64.7 Å². The lowest BCUT2D eigenvalue weighted by atomic mass is 9.94. The fourth-order valence-electron chi connectivity index (χ4n) is 4.08. The second kappa shape index (κ2) is 10.6. The third kappa shape index (κ3) is 6.35. The van der Waals surface area contributed by atoms with E-state index in [4.69, 9.17) is 0 Å². The summed E-state index contributed by atoms with van der Waals surface area (Å²) < 4.78 is 0. The summed E-state index contributed by atoms with van der Waals surface area (Å²) >= 11 is 0. The van der Waals surface area contributed by atoms with Gasteiger partial charge in [-0.25, -0.2) is 0 Å². The highest BCUT2D eigenvalue weighted by atomic mass is 15.1. The largest absolute Gasteiger partial charge is 0.372 e. The van der Waals surface area contributed by atoms with Crippen molar-refractivity contribution in [1.82, 2.24) is 10.6 Å². The number of hydrogen-bond donors (Lipinski definition) is 3. The molecular weight excluding hydrogens is 342 g/mol. The first kappa shape index (κ1) is 20.9. The SMILES string of the molecule is Cc1ccc(C(CCNC2CCCC2)CNCNc2ccc(C)c(C)c2)cc1. The first-order valence-corrected chi connectivity index (χ1v) is 10.9. The van der Waals surface area contributed by atoms with Crippen LogP contribution in [0, 0.1) is 20.8 Å². The van der Waals surface area contributed by atoms with Gasteiger partial charge in [-0.15, -0.1) is 0 Å². The van der Waals surface area contributed by atoms with E-state index in [0.717, 1.165) is 25.8 Å². The highest BCUT2D eigenvalue weighted by Gasteiger charge is 2.16. The maximum absolute atomic E-state index is 3.78. The van der Waals surface area contributed by atoms with Crippen molar-refractivity contribution in [2.24, 2.45) is 0 Å². The highest BCUT2D eigenvalue weighted by molar-refractivity contribution is 5.47. The van der Waals surface area contributed by atoms with E-state index in [0.29, 0.717) is 5.92 Å². The first-order valence-electron chi connectivity index (χ1n) is 10.9. The molecule has 0 heterocycles. The van der Waals surface area contributed by atoms with E-state index in [9.17, 15) is 0 Å². The fourth-order valence-corrected chi connectivity index (χ4v) is 4.08. The molecule has 2 aromatic rings. The summed E-state index contributed by atoms with van der Waals surface area (Å²) in [4.78, 5) is 0. The molecule has 0 spiro atoms. The van der Waals surface area contributed by atoms with Crippen LogP contribution in [0.5, 0.6) is 0 Å². The van der Waals surface area contributed by atoms with Crippen LogP contribution in [-0.4, -0.2) is 25.8 Å². The van der Waals surface area contributed by atoms with Crippen LogP contribution in [0.25, 0.3) is 0 Å². The summed E-state index contributed by atoms with van der Waals surface area (Å²) in [6, 6.07) is 16.4. The molecule has 0 saturated heterocycles. The van der Waals surface area contributed by atoms with E-state index in [2.05, 4.69) is 79.2 Å². The Hall–Kier alpha value is -1.84. The van der Waals surface area contributed by atoms with Gasteiger partial charge in [-0.1, -0.05) is 48.7 Å². The minimum absolute atomic E-state index is 0.538. The maximum Gasteiger partial charge on any atom is 0.0653 e. The van der Waals surface area contributed by atoms with Crippen molar-refractivity contribution in [2.75, 3.05) is 25.1 Å². The van der Waals surface area contributed by atoms with Crippen LogP contribution < -0.4 is 16.0 Å². The monoisotopic (exact) mass is 379 g/mol. The maximum atomic E-state index is 3.78. The van der Waals surface area contributed by atoms with Crippen molar-refractivity contribution in [3.8, 4) is 0 Å². The molecular formula is C25H37N3. The van der Waals surface area contributed by atoms with Crippen LogP contribution in [0.1, 0.15) is 60.3 Å². The Bertz CT molecular complexity index is 717. The highest BCUT2D eigenvalue weighted by Crippen LogP contribution is 2.21. The Kier molecular flexibility index (Phi) is 7.93. The molecule has 1 aliphatic carbocycles. The molecule has 28 heavy (non-hydrogen) atoms. The van der Waals surface area contributed by atoms with Gasteiger partial charge in [0.05, 0.1) is 6.67 Å². The van der Waals surface area contributed by atoms with Crippen LogP contribution in [0.4, 0.5) is 5.69 Å².